The van der Waals surface area contributed by atoms with Crippen LogP contribution < -0.4 is 15.8 Å². The smallest absolute Gasteiger partial charge is 0.303 e. The van der Waals surface area contributed by atoms with Crippen LogP contribution in [-0.4, -0.2) is 46.3 Å². The second-order valence-corrected chi connectivity index (χ2v) is 8.19. The lowest BCUT2D eigenvalue weighted by molar-refractivity contribution is -0.136. The largest absolute Gasteiger partial charge is 0.481 e. The number of nitrogens with one attached hydrogen (secondary N) is 2. The van der Waals surface area contributed by atoms with E-state index in [2.05, 4.69) is 15.3 Å². The zero-order chi connectivity index (χ0) is 25.8. The fourth-order valence-electron chi connectivity index (χ4n) is 2.70. The van der Waals surface area contributed by atoms with E-state index in [0.29, 0.717) is 28.1 Å². The van der Waals surface area contributed by atoms with Crippen LogP contribution in [0.2, 0.25) is 0 Å². The van der Waals surface area contributed by atoms with Crippen LogP contribution in [-0.2, 0) is 16.1 Å². The van der Waals surface area contributed by atoms with Gasteiger partial charge in [-0.25, -0.2) is 4.98 Å². The van der Waals surface area contributed by atoms with E-state index in [-0.39, 0.29) is 30.2 Å². The van der Waals surface area contributed by atoms with Crippen molar-refractivity contribution in [3.8, 4) is 0 Å². The van der Waals surface area contributed by atoms with Crippen LogP contribution in [0.15, 0.2) is 35.1 Å². The highest BCUT2D eigenvalue weighted by Crippen LogP contribution is 2.26. The van der Waals surface area contributed by atoms with Gasteiger partial charge in [-0.3, -0.25) is 19.2 Å². The number of aromatic amines is 1. The number of hydrogen-bond donors (Lipinski definition) is 3. The second-order valence-electron chi connectivity index (χ2n) is 7.13. The van der Waals surface area contributed by atoms with E-state index >= 15 is 0 Å². The summed E-state index contributed by atoms with van der Waals surface area (Å²) in [6.07, 6.45) is 0.222. The molecule has 0 unspecified atom stereocenters. The van der Waals surface area contributed by atoms with Gasteiger partial charge in [0.05, 0.1) is 27.3 Å². The number of ketones is 1. The molecule has 0 spiro atoms. The summed E-state index contributed by atoms with van der Waals surface area (Å²) in [5, 5.41) is 11.8. The first-order valence-electron chi connectivity index (χ1n) is 10.9. The molecule has 0 aliphatic rings. The standard InChI is InChI=1S/C19H20N4O3S.C3H6O2.C2H6/c1-11(24)9-20-19(26)16-6-7-17(27-16)23(3)10-13-4-5-15-14(8-13)18(25)22-12(2)21-15;1-2-3(4)5;1-2/h4-8H,9-10H2,1-3H3,(H,20,26)(H,21,22,25);2H2,1H3,(H,4,5);1-2H3. The monoisotopic (exact) mass is 488 g/mol. The molecule has 2 heterocycles. The first kappa shape index (κ1) is 28.5. The summed E-state index contributed by atoms with van der Waals surface area (Å²) in [4.78, 5) is 54.1. The number of fused-ring (bicyclic) bond motifs is 1. The summed E-state index contributed by atoms with van der Waals surface area (Å²) in [5.41, 5.74) is 1.49. The number of thiophene rings is 1. The van der Waals surface area contributed by atoms with Crippen molar-refractivity contribution in [1.82, 2.24) is 15.3 Å². The van der Waals surface area contributed by atoms with Crippen molar-refractivity contribution < 1.29 is 19.5 Å². The molecule has 3 N–H and O–H groups in total. The number of carbonyl (C=O) groups is 3. The lowest BCUT2D eigenvalue weighted by atomic mass is 10.1. The zero-order valence-corrected chi connectivity index (χ0v) is 21.2. The molecule has 0 saturated carbocycles. The summed E-state index contributed by atoms with van der Waals surface area (Å²) < 4.78 is 0. The van der Waals surface area contributed by atoms with Crippen LogP contribution in [0.4, 0.5) is 5.00 Å². The van der Waals surface area contributed by atoms with E-state index in [1.165, 1.54) is 18.3 Å². The number of aryl methyl sites for hydroxylation is 1. The van der Waals surface area contributed by atoms with Gasteiger partial charge in [0, 0.05) is 20.0 Å². The molecule has 0 atom stereocenters. The maximum absolute atomic E-state index is 12.1. The van der Waals surface area contributed by atoms with E-state index < -0.39 is 5.97 Å². The van der Waals surface area contributed by atoms with Crippen molar-refractivity contribution in [1.29, 1.82) is 0 Å². The van der Waals surface area contributed by atoms with E-state index in [9.17, 15) is 19.2 Å². The number of carboxylic acid groups (broad SMARTS) is 1. The Morgan fingerprint density at radius 3 is 2.41 bits per heavy atom. The van der Waals surface area contributed by atoms with Gasteiger partial charge in [-0.15, -0.1) is 11.3 Å². The first-order chi connectivity index (χ1) is 16.1. The number of amides is 1. The molecule has 0 bridgehead atoms. The molecular formula is C24H32N4O5S. The number of rotatable bonds is 7. The third-order valence-corrected chi connectivity index (χ3v) is 5.50. The normalized spacial score (nSPS) is 9.82. The Kier molecular flexibility index (Phi) is 11.6. The van der Waals surface area contributed by atoms with E-state index in [4.69, 9.17) is 5.11 Å². The molecule has 10 heteroatoms. The Morgan fingerprint density at radius 1 is 1.18 bits per heavy atom. The molecule has 3 rings (SSSR count). The van der Waals surface area contributed by atoms with Gasteiger partial charge in [0.2, 0.25) is 0 Å². The first-order valence-corrected chi connectivity index (χ1v) is 11.7. The fraction of sp³-hybridized carbons (Fsp3) is 0.375. The molecule has 2 aromatic heterocycles. The third-order valence-electron chi connectivity index (χ3n) is 4.30. The Hall–Kier alpha value is -3.53. The van der Waals surface area contributed by atoms with Gasteiger partial charge in [0.15, 0.2) is 0 Å². The Bertz CT molecular complexity index is 1190. The van der Waals surface area contributed by atoms with Gasteiger partial charge >= 0.3 is 5.97 Å². The minimum absolute atomic E-state index is 0.0288. The number of aromatic nitrogens is 2. The predicted octanol–water partition coefficient (Wildman–Crippen LogP) is 3.76. The summed E-state index contributed by atoms with van der Waals surface area (Å²) in [7, 11) is 1.92. The minimum Gasteiger partial charge on any atom is -0.481 e. The van der Waals surface area contributed by atoms with Crippen LogP contribution in [0.25, 0.3) is 10.9 Å². The molecule has 3 aromatic rings. The molecule has 0 aliphatic carbocycles. The number of aliphatic carboxylic acids is 1. The number of benzene rings is 1. The number of carbonyl (C=O) groups excluding carboxylic acids is 2. The third kappa shape index (κ3) is 8.78. The maximum Gasteiger partial charge on any atom is 0.303 e. The minimum atomic E-state index is -0.745. The quantitative estimate of drug-likeness (QED) is 0.461. The number of nitrogens with zero attached hydrogens (tertiary/aromatic N) is 2. The molecule has 34 heavy (non-hydrogen) atoms. The van der Waals surface area contributed by atoms with Gasteiger partial charge in [-0.2, -0.15) is 0 Å². The van der Waals surface area contributed by atoms with E-state index in [1.54, 1.807) is 19.9 Å². The van der Waals surface area contributed by atoms with Crippen molar-refractivity contribution in [2.75, 3.05) is 18.5 Å². The van der Waals surface area contributed by atoms with Crippen LogP contribution in [0.3, 0.4) is 0 Å². The average molecular weight is 489 g/mol. The number of hydrogen-bond acceptors (Lipinski definition) is 7. The van der Waals surface area contributed by atoms with E-state index in [0.717, 1.165) is 10.6 Å². The molecule has 0 aliphatic heterocycles. The topological polar surface area (TPSA) is 132 Å². The van der Waals surface area contributed by atoms with Crippen LogP contribution in [0, 0.1) is 6.92 Å². The van der Waals surface area contributed by atoms with Crippen LogP contribution in [0.5, 0.6) is 0 Å². The van der Waals surface area contributed by atoms with Gasteiger partial charge in [0.1, 0.15) is 11.6 Å². The molecule has 0 radical (unpaired) electrons. The highest BCUT2D eigenvalue weighted by Gasteiger charge is 2.12. The fourth-order valence-corrected chi connectivity index (χ4v) is 3.58. The van der Waals surface area contributed by atoms with Crippen molar-refractivity contribution in [2.24, 2.45) is 0 Å². The van der Waals surface area contributed by atoms with E-state index in [1.807, 2.05) is 50.1 Å². The van der Waals surface area contributed by atoms with Gasteiger partial charge in [-0.1, -0.05) is 26.8 Å². The number of carboxylic acids is 1. The van der Waals surface area contributed by atoms with Crippen LogP contribution in [0.1, 0.15) is 55.2 Å². The zero-order valence-electron chi connectivity index (χ0n) is 20.4. The molecule has 9 nitrogen and oxygen atoms in total. The molecule has 1 aromatic carbocycles. The lowest BCUT2D eigenvalue weighted by Gasteiger charge is -2.17. The summed E-state index contributed by atoms with van der Waals surface area (Å²) >= 11 is 1.35. The highest BCUT2D eigenvalue weighted by molar-refractivity contribution is 7.17. The number of anilines is 1. The molecule has 184 valence electrons. The van der Waals surface area contributed by atoms with Crippen molar-refractivity contribution in [3.05, 3.63) is 57.0 Å². The lowest BCUT2D eigenvalue weighted by Crippen LogP contribution is -2.27. The summed E-state index contributed by atoms with van der Waals surface area (Å²) in [6.45, 7) is 9.39. The van der Waals surface area contributed by atoms with Crippen molar-refractivity contribution in [2.45, 2.75) is 47.6 Å². The Morgan fingerprint density at radius 2 is 1.82 bits per heavy atom. The van der Waals surface area contributed by atoms with Crippen molar-refractivity contribution >= 4 is 44.9 Å². The van der Waals surface area contributed by atoms with Gasteiger partial charge in [0.25, 0.3) is 11.5 Å². The van der Waals surface area contributed by atoms with Gasteiger partial charge in [-0.05, 0) is 43.7 Å². The maximum atomic E-state index is 12.1. The Balaban J connectivity index is 0.000000733. The molecule has 0 fully saturated rings. The summed E-state index contributed by atoms with van der Waals surface area (Å²) in [6, 6.07) is 9.23. The highest BCUT2D eigenvalue weighted by atomic mass is 32.1. The van der Waals surface area contributed by atoms with Crippen molar-refractivity contribution in [3.63, 3.8) is 0 Å². The molecule has 0 saturated heterocycles. The number of Topliss-reactive ketones (excluding diaryl/α,β-unsaturated/α-hetero) is 1. The summed E-state index contributed by atoms with van der Waals surface area (Å²) in [5.74, 6) is -0.502. The number of H-pyrrole nitrogens is 1. The van der Waals surface area contributed by atoms with Crippen LogP contribution >= 0.6 is 11.3 Å². The average Bonchev–Trinajstić information content (AvgIpc) is 3.30. The SMILES string of the molecule is CC.CC(=O)CNC(=O)c1ccc(N(C)Cc2ccc3nc(C)[nH]c(=O)c3c2)s1.CCC(=O)O. The predicted molar refractivity (Wildman–Crippen MR) is 136 cm³/mol. The second kappa shape index (κ2) is 13.9. The molecular weight excluding hydrogens is 456 g/mol. The van der Waals surface area contributed by atoms with Gasteiger partial charge < -0.3 is 20.3 Å². The molecule has 1 amide bonds. The Labute approximate surface area is 202 Å².